The number of rotatable bonds is 3. The van der Waals surface area contributed by atoms with Gasteiger partial charge < -0.3 is 9.73 Å². The highest BCUT2D eigenvalue weighted by Crippen LogP contribution is 2.13. The molecule has 0 aliphatic carbocycles. The van der Waals surface area contributed by atoms with E-state index in [1.54, 1.807) is 12.1 Å². The van der Waals surface area contributed by atoms with Crippen LogP contribution in [0.1, 0.15) is 16.4 Å². The molecule has 0 aliphatic rings. The summed E-state index contributed by atoms with van der Waals surface area (Å²) in [6, 6.07) is 8.88. The third-order valence-corrected chi connectivity index (χ3v) is 3.01. The molecule has 3 aromatic heterocycles. The Hall–Kier alpha value is -2.15. The Bertz CT molecular complexity index is 734. The number of furan rings is 1. The number of amides is 1. The lowest BCUT2D eigenvalue weighted by Crippen LogP contribution is -2.23. The maximum Gasteiger partial charge on any atom is 0.287 e. The second-order valence-electron chi connectivity index (χ2n) is 3.83. The Labute approximate surface area is 116 Å². The fourth-order valence-electron chi connectivity index (χ4n) is 1.69. The third kappa shape index (κ3) is 2.37. The molecule has 0 unspecified atom stereocenters. The maximum absolute atomic E-state index is 11.8. The fourth-order valence-corrected chi connectivity index (χ4v) is 2.00. The van der Waals surface area contributed by atoms with Gasteiger partial charge in [-0.2, -0.15) is 0 Å². The van der Waals surface area contributed by atoms with Crippen molar-refractivity contribution in [3.8, 4) is 0 Å². The van der Waals surface area contributed by atoms with Gasteiger partial charge in [0.1, 0.15) is 0 Å². The molecule has 19 heavy (non-hydrogen) atoms. The van der Waals surface area contributed by atoms with E-state index in [1.165, 1.54) is 0 Å². The zero-order valence-electron chi connectivity index (χ0n) is 9.71. The van der Waals surface area contributed by atoms with E-state index >= 15 is 0 Å². The molecule has 1 N–H and O–H groups in total. The second kappa shape index (κ2) is 4.85. The second-order valence-corrected chi connectivity index (χ2v) is 4.61. The molecule has 96 valence electrons. The molecule has 1 amide bonds. The average Bonchev–Trinajstić information content (AvgIpc) is 3.02. The molecule has 3 aromatic rings. The van der Waals surface area contributed by atoms with E-state index in [9.17, 15) is 4.79 Å². The number of halogens is 1. The molecular weight excluding hydrogens is 312 g/mol. The molecule has 0 saturated carbocycles. The Morgan fingerprint density at radius 3 is 3.00 bits per heavy atom. The molecule has 3 heterocycles. The number of carbonyl (C=O) groups is 1. The Kier molecular flexibility index (Phi) is 3.04. The van der Waals surface area contributed by atoms with Crippen molar-refractivity contribution in [2.75, 3.05) is 0 Å². The highest BCUT2D eigenvalue weighted by atomic mass is 79.9. The van der Waals surface area contributed by atoms with Crippen molar-refractivity contribution >= 4 is 27.5 Å². The molecule has 0 spiro atoms. The van der Waals surface area contributed by atoms with Crippen LogP contribution in [0.25, 0.3) is 5.65 Å². The van der Waals surface area contributed by atoms with Crippen molar-refractivity contribution in [1.82, 2.24) is 19.9 Å². The van der Waals surface area contributed by atoms with Gasteiger partial charge in [0.05, 0.1) is 6.54 Å². The van der Waals surface area contributed by atoms with Gasteiger partial charge in [-0.15, -0.1) is 10.2 Å². The van der Waals surface area contributed by atoms with Crippen LogP contribution in [-0.2, 0) is 6.54 Å². The topological polar surface area (TPSA) is 72.4 Å². The van der Waals surface area contributed by atoms with Gasteiger partial charge in [0, 0.05) is 6.20 Å². The van der Waals surface area contributed by atoms with Gasteiger partial charge >= 0.3 is 0 Å². The van der Waals surface area contributed by atoms with Crippen molar-refractivity contribution in [3.63, 3.8) is 0 Å². The summed E-state index contributed by atoms with van der Waals surface area (Å²) in [4.78, 5) is 11.8. The van der Waals surface area contributed by atoms with Crippen molar-refractivity contribution in [2.24, 2.45) is 0 Å². The van der Waals surface area contributed by atoms with Crippen LogP contribution in [0.3, 0.4) is 0 Å². The van der Waals surface area contributed by atoms with Gasteiger partial charge in [0.15, 0.2) is 21.9 Å². The monoisotopic (exact) mass is 320 g/mol. The molecule has 0 aromatic carbocycles. The highest BCUT2D eigenvalue weighted by Gasteiger charge is 2.11. The lowest BCUT2D eigenvalue weighted by atomic mass is 10.4. The van der Waals surface area contributed by atoms with E-state index in [1.807, 2.05) is 28.8 Å². The summed E-state index contributed by atoms with van der Waals surface area (Å²) in [6.45, 7) is 0.280. The number of pyridine rings is 1. The zero-order chi connectivity index (χ0) is 13.2. The highest BCUT2D eigenvalue weighted by molar-refractivity contribution is 9.10. The predicted molar refractivity (Wildman–Crippen MR) is 70.6 cm³/mol. The smallest absolute Gasteiger partial charge is 0.287 e. The Morgan fingerprint density at radius 1 is 1.32 bits per heavy atom. The minimum Gasteiger partial charge on any atom is -0.444 e. The molecule has 6 nitrogen and oxygen atoms in total. The van der Waals surface area contributed by atoms with Crippen LogP contribution in [0.4, 0.5) is 0 Å². The summed E-state index contributed by atoms with van der Waals surface area (Å²) >= 11 is 3.15. The van der Waals surface area contributed by atoms with E-state index in [4.69, 9.17) is 4.42 Å². The molecule has 0 fully saturated rings. The molecule has 0 atom stereocenters. The number of hydrogen-bond donors (Lipinski definition) is 1. The van der Waals surface area contributed by atoms with E-state index in [-0.39, 0.29) is 18.2 Å². The summed E-state index contributed by atoms with van der Waals surface area (Å²) in [7, 11) is 0. The number of hydrogen-bond acceptors (Lipinski definition) is 4. The van der Waals surface area contributed by atoms with Crippen molar-refractivity contribution in [3.05, 3.63) is 52.8 Å². The molecule has 0 radical (unpaired) electrons. The summed E-state index contributed by atoms with van der Waals surface area (Å²) in [5, 5.41) is 10.8. The van der Waals surface area contributed by atoms with Crippen molar-refractivity contribution in [2.45, 2.75) is 6.54 Å². The Morgan fingerprint density at radius 2 is 2.21 bits per heavy atom. The van der Waals surface area contributed by atoms with Gasteiger partial charge in [0.25, 0.3) is 5.91 Å². The zero-order valence-corrected chi connectivity index (χ0v) is 11.3. The number of carbonyl (C=O) groups excluding carboxylic acids is 1. The van der Waals surface area contributed by atoms with E-state index in [0.29, 0.717) is 10.5 Å². The normalized spacial score (nSPS) is 10.8. The van der Waals surface area contributed by atoms with Gasteiger partial charge in [-0.1, -0.05) is 6.07 Å². The molecular formula is C12H9BrN4O2. The first-order valence-electron chi connectivity index (χ1n) is 5.56. The standard InChI is InChI=1S/C12H9BrN4O2/c13-9-5-4-8(19-9)12(18)14-7-11-16-15-10-3-1-2-6-17(10)11/h1-6H,7H2,(H,14,18). The summed E-state index contributed by atoms with van der Waals surface area (Å²) in [5.74, 6) is 0.619. The van der Waals surface area contributed by atoms with Gasteiger partial charge in [0.2, 0.25) is 0 Å². The lowest BCUT2D eigenvalue weighted by molar-refractivity contribution is 0.0920. The fraction of sp³-hybridized carbons (Fsp3) is 0.0833. The van der Waals surface area contributed by atoms with Crippen LogP contribution < -0.4 is 5.32 Å². The molecule has 3 rings (SSSR count). The van der Waals surface area contributed by atoms with Crippen molar-refractivity contribution < 1.29 is 9.21 Å². The Balaban J connectivity index is 1.74. The van der Waals surface area contributed by atoms with Gasteiger partial charge in [-0.05, 0) is 40.2 Å². The van der Waals surface area contributed by atoms with Crippen LogP contribution in [-0.4, -0.2) is 20.5 Å². The molecule has 0 aliphatic heterocycles. The lowest BCUT2D eigenvalue weighted by Gasteiger charge is -2.01. The third-order valence-electron chi connectivity index (χ3n) is 2.59. The quantitative estimate of drug-likeness (QED) is 0.801. The van der Waals surface area contributed by atoms with Crippen LogP contribution in [0.15, 0.2) is 45.6 Å². The molecule has 0 bridgehead atoms. The van der Waals surface area contributed by atoms with Crippen LogP contribution in [0.2, 0.25) is 0 Å². The van der Waals surface area contributed by atoms with Gasteiger partial charge in [-0.25, -0.2) is 0 Å². The summed E-state index contributed by atoms with van der Waals surface area (Å²) < 4.78 is 7.50. The largest absolute Gasteiger partial charge is 0.444 e. The van der Waals surface area contributed by atoms with Crippen LogP contribution in [0, 0.1) is 0 Å². The predicted octanol–water partition coefficient (Wildman–Crippen LogP) is 2.01. The number of nitrogens with one attached hydrogen (secondary N) is 1. The minimum atomic E-state index is -0.293. The molecule has 7 heteroatoms. The summed E-state index contributed by atoms with van der Waals surface area (Å²) in [5.41, 5.74) is 0.743. The first kappa shape index (κ1) is 11.9. The van der Waals surface area contributed by atoms with E-state index in [0.717, 1.165) is 5.65 Å². The molecule has 0 saturated heterocycles. The number of fused-ring (bicyclic) bond motifs is 1. The van der Waals surface area contributed by atoms with Crippen molar-refractivity contribution in [1.29, 1.82) is 0 Å². The van der Waals surface area contributed by atoms with Crippen LogP contribution in [0.5, 0.6) is 0 Å². The maximum atomic E-state index is 11.8. The summed E-state index contributed by atoms with van der Waals surface area (Å²) in [6.07, 6.45) is 1.85. The first-order valence-corrected chi connectivity index (χ1v) is 6.35. The number of aromatic nitrogens is 3. The number of nitrogens with zero attached hydrogens (tertiary/aromatic N) is 3. The average molecular weight is 321 g/mol. The first-order chi connectivity index (χ1) is 9.24. The van der Waals surface area contributed by atoms with Gasteiger partial charge in [-0.3, -0.25) is 9.20 Å². The van der Waals surface area contributed by atoms with E-state index in [2.05, 4.69) is 31.4 Å². The van der Waals surface area contributed by atoms with E-state index < -0.39 is 0 Å². The van der Waals surface area contributed by atoms with Crippen LogP contribution >= 0.6 is 15.9 Å². The minimum absolute atomic E-state index is 0.251. The SMILES string of the molecule is O=C(NCc1nnc2ccccn12)c1ccc(Br)o1.